The molecule has 1 saturated heterocycles. The van der Waals surface area contributed by atoms with E-state index < -0.39 is 10.1 Å². The molecule has 18 heavy (non-hydrogen) atoms. The summed E-state index contributed by atoms with van der Waals surface area (Å²) in [6.45, 7) is 3.09. The first-order valence-corrected chi connectivity index (χ1v) is 7.15. The van der Waals surface area contributed by atoms with Gasteiger partial charge in [-0.2, -0.15) is 8.42 Å². The van der Waals surface area contributed by atoms with E-state index in [0.29, 0.717) is 25.4 Å². The first-order chi connectivity index (χ1) is 8.59. The maximum atomic E-state index is 12.0. The number of ether oxygens (including phenoxy) is 2. The van der Waals surface area contributed by atoms with Crippen molar-refractivity contribution in [2.45, 2.75) is 17.9 Å². The molecule has 1 heterocycles. The standard InChI is InChI=1S/C12H16O5S/c1-10-4-2-3-5-12(10)18(13,14)17-9-11-8-15-6-7-16-11/h2-5,11H,6-9H2,1H3/t11-/m1/s1. The van der Waals surface area contributed by atoms with Gasteiger partial charge in [-0.1, -0.05) is 18.2 Å². The summed E-state index contributed by atoms with van der Waals surface area (Å²) in [5, 5.41) is 0. The molecule has 1 aromatic rings. The highest BCUT2D eigenvalue weighted by molar-refractivity contribution is 7.86. The molecule has 0 unspecified atom stereocenters. The molecule has 0 spiro atoms. The fraction of sp³-hybridized carbons (Fsp3) is 0.500. The average Bonchev–Trinajstić information content (AvgIpc) is 2.38. The third-order valence-corrected chi connectivity index (χ3v) is 4.10. The van der Waals surface area contributed by atoms with E-state index in [1.54, 1.807) is 25.1 Å². The fourth-order valence-electron chi connectivity index (χ4n) is 1.70. The minimum absolute atomic E-state index is 0.0172. The molecule has 1 aliphatic rings. The van der Waals surface area contributed by atoms with Gasteiger partial charge in [0.15, 0.2) is 0 Å². The highest BCUT2D eigenvalue weighted by atomic mass is 32.2. The smallest absolute Gasteiger partial charge is 0.297 e. The fourth-order valence-corrected chi connectivity index (χ4v) is 2.86. The molecule has 0 amide bonds. The third kappa shape index (κ3) is 3.29. The van der Waals surface area contributed by atoms with Gasteiger partial charge in [-0.05, 0) is 18.6 Å². The Balaban J connectivity index is 2.01. The van der Waals surface area contributed by atoms with Crippen LogP contribution in [0.3, 0.4) is 0 Å². The van der Waals surface area contributed by atoms with Crippen LogP contribution in [0.2, 0.25) is 0 Å². The van der Waals surface area contributed by atoms with Gasteiger partial charge in [0.1, 0.15) is 6.10 Å². The zero-order chi connectivity index (χ0) is 13.0. The molecule has 0 aromatic heterocycles. The summed E-state index contributed by atoms with van der Waals surface area (Å²) in [7, 11) is -3.73. The lowest BCUT2D eigenvalue weighted by molar-refractivity contribution is -0.101. The van der Waals surface area contributed by atoms with E-state index in [0.717, 1.165) is 0 Å². The number of aryl methyl sites for hydroxylation is 1. The summed E-state index contributed by atoms with van der Waals surface area (Å²) >= 11 is 0. The summed E-state index contributed by atoms with van der Waals surface area (Å²) < 4.78 is 39.5. The van der Waals surface area contributed by atoms with Crippen molar-refractivity contribution in [2.75, 3.05) is 26.4 Å². The van der Waals surface area contributed by atoms with Crippen LogP contribution in [0.1, 0.15) is 5.56 Å². The van der Waals surface area contributed by atoms with Crippen LogP contribution in [0.25, 0.3) is 0 Å². The van der Waals surface area contributed by atoms with Crippen LogP contribution in [-0.2, 0) is 23.8 Å². The Morgan fingerprint density at radius 2 is 2.11 bits per heavy atom. The van der Waals surface area contributed by atoms with Gasteiger partial charge < -0.3 is 9.47 Å². The molecule has 0 bridgehead atoms. The molecule has 1 aromatic carbocycles. The highest BCUT2D eigenvalue weighted by Crippen LogP contribution is 2.17. The normalized spacial score (nSPS) is 20.8. The summed E-state index contributed by atoms with van der Waals surface area (Å²) in [5.74, 6) is 0. The van der Waals surface area contributed by atoms with Gasteiger partial charge >= 0.3 is 0 Å². The number of hydrogen-bond donors (Lipinski definition) is 0. The molecule has 0 N–H and O–H groups in total. The van der Waals surface area contributed by atoms with Crippen molar-refractivity contribution in [1.82, 2.24) is 0 Å². The SMILES string of the molecule is Cc1ccccc1S(=O)(=O)OC[C@H]1COCCO1. The van der Waals surface area contributed by atoms with Crippen molar-refractivity contribution in [3.8, 4) is 0 Å². The summed E-state index contributed by atoms with van der Waals surface area (Å²) in [6, 6.07) is 6.72. The second-order valence-corrected chi connectivity index (χ2v) is 5.66. The first kappa shape index (κ1) is 13.5. The quantitative estimate of drug-likeness (QED) is 0.769. The second kappa shape index (κ2) is 5.79. The van der Waals surface area contributed by atoms with Crippen molar-refractivity contribution in [1.29, 1.82) is 0 Å². The number of benzene rings is 1. The van der Waals surface area contributed by atoms with Crippen molar-refractivity contribution >= 4 is 10.1 Å². The van der Waals surface area contributed by atoms with Gasteiger partial charge in [-0.3, -0.25) is 4.18 Å². The van der Waals surface area contributed by atoms with Crippen LogP contribution in [0, 0.1) is 6.92 Å². The van der Waals surface area contributed by atoms with E-state index in [-0.39, 0.29) is 17.6 Å². The Morgan fingerprint density at radius 1 is 1.33 bits per heavy atom. The lowest BCUT2D eigenvalue weighted by Gasteiger charge is -2.22. The molecular weight excluding hydrogens is 256 g/mol. The van der Waals surface area contributed by atoms with Gasteiger partial charge in [0.2, 0.25) is 0 Å². The van der Waals surface area contributed by atoms with Gasteiger partial charge in [0.25, 0.3) is 10.1 Å². The van der Waals surface area contributed by atoms with Crippen molar-refractivity contribution in [2.24, 2.45) is 0 Å². The Kier molecular flexibility index (Phi) is 4.34. The largest absolute Gasteiger partial charge is 0.376 e. The minimum atomic E-state index is -3.73. The predicted octanol–water partition coefficient (Wildman–Crippen LogP) is 1.12. The van der Waals surface area contributed by atoms with Crippen molar-refractivity contribution in [3.05, 3.63) is 29.8 Å². The van der Waals surface area contributed by atoms with Crippen LogP contribution >= 0.6 is 0 Å². The van der Waals surface area contributed by atoms with E-state index in [9.17, 15) is 8.42 Å². The molecule has 0 saturated carbocycles. The maximum Gasteiger partial charge on any atom is 0.297 e. The van der Waals surface area contributed by atoms with E-state index >= 15 is 0 Å². The van der Waals surface area contributed by atoms with Gasteiger partial charge in [-0.15, -0.1) is 0 Å². The summed E-state index contributed by atoms with van der Waals surface area (Å²) in [6.07, 6.45) is -0.322. The number of rotatable bonds is 4. The molecule has 1 atom stereocenters. The van der Waals surface area contributed by atoms with Gasteiger partial charge in [0.05, 0.1) is 31.3 Å². The monoisotopic (exact) mass is 272 g/mol. The van der Waals surface area contributed by atoms with Crippen molar-refractivity contribution in [3.63, 3.8) is 0 Å². The minimum Gasteiger partial charge on any atom is -0.376 e. The highest BCUT2D eigenvalue weighted by Gasteiger charge is 2.22. The van der Waals surface area contributed by atoms with Crippen LogP contribution in [0.15, 0.2) is 29.2 Å². The molecule has 100 valence electrons. The first-order valence-electron chi connectivity index (χ1n) is 5.74. The zero-order valence-electron chi connectivity index (χ0n) is 10.2. The van der Waals surface area contributed by atoms with Crippen LogP contribution < -0.4 is 0 Å². The Labute approximate surface area is 107 Å². The Hall–Kier alpha value is -0.950. The molecule has 1 fully saturated rings. The summed E-state index contributed by atoms with van der Waals surface area (Å²) in [5.41, 5.74) is 0.665. The molecule has 0 aliphatic carbocycles. The van der Waals surface area contributed by atoms with E-state index in [1.165, 1.54) is 6.07 Å². The number of hydrogen-bond acceptors (Lipinski definition) is 5. The predicted molar refractivity (Wildman–Crippen MR) is 64.9 cm³/mol. The molecule has 5 nitrogen and oxygen atoms in total. The van der Waals surface area contributed by atoms with E-state index in [2.05, 4.69) is 0 Å². The Morgan fingerprint density at radius 3 is 2.78 bits per heavy atom. The van der Waals surface area contributed by atoms with E-state index in [1.807, 2.05) is 0 Å². The second-order valence-electron chi connectivity index (χ2n) is 4.07. The molecule has 6 heteroatoms. The molecule has 2 rings (SSSR count). The lowest BCUT2D eigenvalue weighted by atomic mass is 10.2. The maximum absolute atomic E-state index is 12.0. The van der Waals surface area contributed by atoms with Crippen LogP contribution in [-0.4, -0.2) is 40.9 Å². The van der Waals surface area contributed by atoms with Crippen molar-refractivity contribution < 1.29 is 22.1 Å². The zero-order valence-corrected chi connectivity index (χ0v) is 11.0. The molecule has 1 aliphatic heterocycles. The lowest BCUT2D eigenvalue weighted by Crippen LogP contribution is -2.33. The van der Waals surface area contributed by atoms with Crippen LogP contribution in [0.5, 0.6) is 0 Å². The van der Waals surface area contributed by atoms with Gasteiger partial charge in [-0.25, -0.2) is 0 Å². The third-order valence-electron chi connectivity index (χ3n) is 2.66. The Bertz CT molecular complexity index is 491. The average molecular weight is 272 g/mol. The molecule has 0 radical (unpaired) electrons. The van der Waals surface area contributed by atoms with Crippen LogP contribution in [0.4, 0.5) is 0 Å². The summed E-state index contributed by atoms with van der Waals surface area (Å²) in [4.78, 5) is 0.196. The van der Waals surface area contributed by atoms with Gasteiger partial charge in [0, 0.05) is 0 Å². The topological polar surface area (TPSA) is 61.8 Å². The van der Waals surface area contributed by atoms with E-state index in [4.69, 9.17) is 13.7 Å². The molecular formula is C12H16O5S.